The average molecular weight is 457 g/mol. The third kappa shape index (κ3) is 3.38. The Morgan fingerprint density at radius 1 is 0.821 bits per heavy atom. The lowest BCUT2D eigenvalue weighted by atomic mass is 9.52. The second-order valence-corrected chi connectivity index (χ2v) is 9.88. The fourth-order valence-corrected chi connectivity index (χ4v) is 5.74. The largest absolute Gasteiger partial charge is 0.303 e. The zero-order chi connectivity index (χ0) is 20.2. The van der Waals surface area contributed by atoms with Crippen LogP contribution in [0.25, 0.3) is 0 Å². The van der Waals surface area contributed by atoms with E-state index in [9.17, 15) is 4.79 Å². The first kappa shape index (κ1) is 20.5. The molecule has 2 aromatic rings. The van der Waals surface area contributed by atoms with Crippen LogP contribution in [-0.4, -0.2) is 30.3 Å². The number of nitrogens with zero attached hydrogens (tertiary/aromatic N) is 1. The molecule has 3 aliphatic rings. The second-order valence-electron chi connectivity index (χ2n) is 8.26. The third-order valence-corrected chi connectivity index (χ3v) is 8.11. The van der Waals surface area contributed by atoms with Crippen LogP contribution >= 0.6 is 46.4 Å². The van der Waals surface area contributed by atoms with Crippen molar-refractivity contribution in [1.29, 1.82) is 0 Å². The maximum Gasteiger partial charge on any atom is 0.139 e. The molecule has 2 nitrogen and oxygen atoms in total. The highest BCUT2D eigenvalue weighted by atomic mass is 35.5. The van der Waals surface area contributed by atoms with Gasteiger partial charge in [-0.1, -0.05) is 58.5 Å². The number of ketones is 1. The van der Waals surface area contributed by atoms with Crippen LogP contribution in [0.15, 0.2) is 36.4 Å². The summed E-state index contributed by atoms with van der Waals surface area (Å²) >= 11 is 24.9. The second kappa shape index (κ2) is 7.49. The van der Waals surface area contributed by atoms with E-state index in [1.165, 1.54) is 0 Å². The van der Waals surface area contributed by atoms with E-state index >= 15 is 0 Å². The van der Waals surface area contributed by atoms with Gasteiger partial charge in [0.15, 0.2) is 0 Å². The van der Waals surface area contributed by atoms with E-state index in [1.807, 2.05) is 36.4 Å². The van der Waals surface area contributed by atoms with Crippen LogP contribution in [0.2, 0.25) is 20.1 Å². The molecular weight excluding hydrogens is 436 g/mol. The summed E-state index contributed by atoms with van der Waals surface area (Å²) in [5, 5.41) is 2.11. The molecule has 2 unspecified atom stereocenters. The summed E-state index contributed by atoms with van der Waals surface area (Å²) in [5.74, 6) is 0.382. The fraction of sp³-hybridized carbons (Fsp3) is 0.409. The number of Topliss-reactive ketones (excluding diaryl/α,β-unsaturated/α-hetero) is 1. The smallest absolute Gasteiger partial charge is 0.139 e. The maximum atomic E-state index is 13.3. The highest BCUT2D eigenvalue weighted by Crippen LogP contribution is 2.58. The number of hydrogen-bond donors (Lipinski definition) is 0. The molecule has 0 spiro atoms. The lowest BCUT2D eigenvalue weighted by Gasteiger charge is -2.56. The number of halogens is 4. The lowest BCUT2D eigenvalue weighted by Crippen LogP contribution is -2.59. The first-order valence-corrected chi connectivity index (χ1v) is 10.8. The molecule has 3 fully saturated rings. The van der Waals surface area contributed by atoms with Gasteiger partial charge in [-0.25, -0.2) is 0 Å². The van der Waals surface area contributed by atoms with E-state index in [0.29, 0.717) is 32.3 Å². The monoisotopic (exact) mass is 455 g/mol. The SMILES string of the molecule is CN(C)C12CC(=O)C(C(c3ccc(Cl)c(Cl)c3)C1)C(c1ccc(Cl)c(Cl)c1)C2. The molecule has 6 heteroatoms. The molecule has 0 amide bonds. The van der Waals surface area contributed by atoms with Gasteiger partial charge in [0.1, 0.15) is 5.78 Å². The van der Waals surface area contributed by atoms with Gasteiger partial charge in [0, 0.05) is 17.9 Å². The standard InChI is InChI=1S/C22H21Cl4NO/c1-27(2)22-9-14(12-3-5-16(23)18(25)7-12)21(20(28)11-22)15(10-22)13-4-6-17(24)19(26)8-13/h3-8,14-15,21H,9-11H2,1-2H3. The molecule has 5 rings (SSSR count). The van der Waals surface area contributed by atoms with Crippen LogP contribution in [0.3, 0.4) is 0 Å². The zero-order valence-corrected chi connectivity index (χ0v) is 18.7. The van der Waals surface area contributed by atoms with Gasteiger partial charge >= 0.3 is 0 Å². The van der Waals surface area contributed by atoms with Crippen molar-refractivity contribution in [1.82, 2.24) is 4.90 Å². The van der Waals surface area contributed by atoms with E-state index in [-0.39, 0.29) is 23.3 Å². The van der Waals surface area contributed by atoms with Gasteiger partial charge in [-0.15, -0.1) is 0 Å². The maximum absolute atomic E-state index is 13.3. The van der Waals surface area contributed by atoms with Crippen LogP contribution in [0.1, 0.15) is 42.2 Å². The van der Waals surface area contributed by atoms with E-state index in [1.54, 1.807) is 0 Å². The third-order valence-electron chi connectivity index (χ3n) is 6.63. The summed E-state index contributed by atoms with van der Waals surface area (Å²) in [6, 6.07) is 11.5. The van der Waals surface area contributed by atoms with Crippen LogP contribution in [-0.2, 0) is 4.79 Å². The Morgan fingerprint density at radius 2 is 1.29 bits per heavy atom. The number of rotatable bonds is 3. The Balaban J connectivity index is 1.83. The van der Waals surface area contributed by atoms with Crippen LogP contribution in [0.4, 0.5) is 0 Å². The Bertz CT molecular complexity index is 881. The molecule has 28 heavy (non-hydrogen) atoms. The summed E-state index contributed by atoms with van der Waals surface area (Å²) < 4.78 is 0. The highest BCUT2D eigenvalue weighted by Gasteiger charge is 2.56. The molecule has 0 N–H and O–H groups in total. The van der Waals surface area contributed by atoms with Crippen molar-refractivity contribution in [2.45, 2.75) is 36.6 Å². The normalized spacial score (nSPS) is 29.5. The molecule has 0 saturated heterocycles. The van der Waals surface area contributed by atoms with Crippen molar-refractivity contribution < 1.29 is 4.79 Å². The molecule has 3 saturated carbocycles. The van der Waals surface area contributed by atoms with Gasteiger partial charge in [-0.2, -0.15) is 0 Å². The van der Waals surface area contributed by atoms with Gasteiger partial charge in [0.2, 0.25) is 0 Å². The Kier molecular flexibility index (Phi) is 5.48. The summed E-state index contributed by atoms with van der Waals surface area (Å²) in [5.41, 5.74) is 1.96. The van der Waals surface area contributed by atoms with E-state index in [4.69, 9.17) is 46.4 Å². The molecule has 2 aromatic carbocycles. The minimum Gasteiger partial charge on any atom is -0.303 e. The Hall–Kier alpha value is -0.770. The lowest BCUT2D eigenvalue weighted by molar-refractivity contribution is -0.138. The number of hydrogen-bond acceptors (Lipinski definition) is 2. The molecule has 3 aliphatic carbocycles. The first-order valence-electron chi connectivity index (χ1n) is 9.32. The van der Waals surface area contributed by atoms with Crippen molar-refractivity contribution in [3.8, 4) is 0 Å². The Morgan fingerprint density at radius 3 is 1.68 bits per heavy atom. The van der Waals surface area contributed by atoms with Crippen LogP contribution in [0, 0.1) is 5.92 Å². The molecule has 148 valence electrons. The Labute approximate surface area is 185 Å². The molecule has 2 atom stereocenters. The van der Waals surface area contributed by atoms with Gasteiger partial charge in [0.05, 0.1) is 20.1 Å². The van der Waals surface area contributed by atoms with Gasteiger partial charge < -0.3 is 4.90 Å². The van der Waals surface area contributed by atoms with Crippen LogP contribution < -0.4 is 0 Å². The molecule has 0 aliphatic heterocycles. The number of benzene rings is 2. The number of carbonyl (C=O) groups excluding carboxylic acids is 1. The minimum absolute atomic E-state index is 0.0895. The van der Waals surface area contributed by atoms with Crippen molar-refractivity contribution in [2.24, 2.45) is 5.92 Å². The van der Waals surface area contributed by atoms with Crippen molar-refractivity contribution in [3.05, 3.63) is 67.6 Å². The van der Waals surface area contributed by atoms with E-state index < -0.39 is 0 Å². The number of fused-ring (bicyclic) bond motifs is 3. The molecular formula is C22H21Cl4NO. The molecule has 2 bridgehead atoms. The molecule has 0 aromatic heterocycles. The van der Waals surface area contributed by atoms with E-state index in [2.05, 4.69) is 19.0 Å². The fourth-order valence-electron chi connectivity index (χ4n) is 5.13. The zero-order valence-electron chi connectivity index (χ0n) is 15.7. The first-order chi connectivity index (χ1) is 13.2. The average Bonchev–Trinajstić information content (AvgIpc) is 2.65. The van der Waals surface area contributed by atoms with Crippen molar-refractivity contribution >= 4 is 52.2 Å². The quantitative estimate of drug-likeness (QED) is 0.503. The van der Waals surface area contributed by atoms with Gasteiger partial charge in [-0.3, -0.25) is 4.79 Å². The predicted molar refractivity (Wildman–Crippen MR) is 117 cm³/mol. The molecule has 0 heterocycles. The van der Waals surface area contributed by atoms with Gasteiger partial charge in [-0.05, 0) is 74.2 Å². The van der Waals surface area contributed by atoms with E-state index in [0.717, 1.165) is 24.0 Å². The highest BCUT2D eigenvalue weighted by molar-refractivity contribution is 6.42. The summed E-state index contributed by atoms with van der Waals surface area (Å²) in [4.78, 5) is 15.5. The van der Waals surface area contributed by atoms with Crippen LogP contribution in [0.5, 0.6) is 0 Å². The number of carbonyl (C=O) groups is 1. The predicted octanol–water partition coefficient (Wildman–Crippen LogP) is 6.85. The van der Waals surface area contributed by atoms with Crippen molar-refractivity contribution in [3.63, 3.8) is 0 Å². The van der Waals surface area contributed by atoms with Crippen molar-refractivity contribution in [2.75, 3.05) is 14.1 Å². The topological polar surface area (TPSA) is 20.3 Å². The summed E-state index contributed by atoms with van der Waals surface area (Å²) in [6.45, 7) is 0. The van der Waals surface area contributed by atoms with Gasteiger partial charge in [0.25, 0.3) is 0 Å². The minimum atomic E-state index is -0.181. The summed E-state index contributed by atoms with van der Waals surface area (Å²) in [7, 11) is 4.13. The molecule has 0 radical (unpaired) electrons. The summed E-state index contributed by atoms with van der Waals surface area (Å²) in [6.07, 6.45) is 2.43.